The summed E-state index contributed by atoms with van der Waals surface area (Å²) in [5, 5.41) is 15.3. The lowest BCUT2D eigenvalue weighted by Crippen LogP contribution is -2.16. The molecule has 1 amide bonds. The number of aromatic nitrogens is 4. The van der Waals surface area contributed by atoms with Gasteiger partial charge in [-0.05, 0) is 36.4 Å². The molecule has 1 aromatic carbocycles. The molecule has 0 unspecified atom stereocenters. The summed E-state index contributed by atoms with van der Waals surface area (Å²) >= 11 is 0. The Kier molecular flexibility index (Phi) is 4.14. The highest BCUT2D eigenvalue weighted by Gasteiger charge is 2.16. The van der Waals surface area contributed by atoms with Crippen molar-refractivity contribution in [2.75, 3.05) is 12.4 Å². The Bertz CT molecular complexity index is 583. The maximum absolute atomic E-state index is 12.2. The summed E-state index contributed by atoms with van der Waals surface area (Å²) < 4.78 is 10.8. The van der Waals surface area contributed by atoms with E-state index in [0.717, 1.165) is 0 Å². The monoisotopic (exact) mass is 277 g/mol. The molecule has 0 radical (unpaired) electrons. The van der Waals surface area contributed by atoms with Crippen LogP contribution in [0.15, 0.2) is 18.2 Å². The smallest absolute Gasteiger partial charge is 0.261 e. The third kappa shape index (κ3) is 3.22. The number of benzene rings is 1. The number of rotatable bonds is 5. The van der Waals surface area contributed by atoms with E-state index in [4.69, 9.17) is 9.47 Å². The molecule has 1 aromatic heterocycles. The minimum atomic E-state index is -0.373. The second kappa shape index (κ2) is 6.00. The van der Waals surface area contributed by atoms with E-state index in [1.54, 1.807) is 25.3 Å². The number of nitrogens with zero attached hydrogens (tertiary/aromatic N) is 3. The van der Waals surface area contributed by atoms with Crippen LogP contribution in [0.1, 0.15) is 24.2 Å². The van der Waals surface area contributed by atoms with Crippen molar-refractivity contribution >= 4 is 11.9 Å². The maximum Gasteiger partial charge on any atom is 0.261 e. The average molecular weight is 277 g/mol. The number of methoxy groups -OCH3 is 1. The molecule has 1 heterocycles. The first-order valence-corrected chi connectivity index (χ1v) is 6.00. The molecule has 0 saturated heterocycles. The van der Waals surface area contributed by atoms with Gasteiger partial charge in [-0.1, -0.05) is 5.10 Å². The quantitative estimate of drug-likeness (QED) is 0.852. The number of carbonyl (C=O) groups excluding carboxylic acids is 1. The lowest BCUT2D eigenvalue weighted by atomic mass is 10.1. The van der Waals surface area contributed by atoms with Crippen molar-refractivity contribution in [3.63, 3.8) is 0 Å². The van der Waals surface area contributed by atoms with Crippen molar-refractivity contribution in [1.82, 2.24) is 20.6 Å². The van der Waals surface area contributed by atoms with E-state index in [1.165, 1.54) is 0 Å². The number of hydrogen-bond donors (Lipinski definition) is 2. The Balaban J connectivity index is 2.26. The molecule has 0 atom stereocenters. The van der Waals surface area contributed by atoms with Gasteiger partial charge in [0.1, 0.15) is 11.5 Å². The van der Waals surface area contributed by atoms with Gasteiger partial charge in [0.25, 0.3) is 5.91 Å². The molecular weight excluding hydrogens is 262 g/mol. The summed E-state index contributed by atoms with van der Waals surface area (Å²) in [5.41, 5.74) is 0.371. The topological polar surface area (TPSA) is 102 Å². The van der Waals surface area contributed by atoms with Gasteiger partial charge in [-0.3, -0.25) is 10.1 Å². The normalized spacial score (nSPS) is 10.4. The van der Waals surface area contributed by atoms with Crippen LogP contribution >= 0.6 is 0 Å². The van der Waals surface area contributed by atoms with Crippen molar-refractivity contribution in [1.29, 1.82) is 0 Å². The Morgan fingerprint density at radius 2 is 2.20 bits per heavy atom. The Morgan fingerprint density at radius 1 is 1.40 bits per heavy atom. The van der Waals surface area contributed by atoms with Gasteiger partial charge in [-0.25, -0.2) is 5.10 Å². The zero-order chi connectivity index (χ0) is 14.5. The summed E-state index contributed by atoms with van der Waals surface area (Å²) in [4.78, 5) is 12.2. The molecule has 0 aliphatic heterocycles. The van der Waals surface area contributed by atoms with Gasteiger partial charge >= 0.3 is 0 Å². The number of carbonyl (C=O) groups is 1. The number of hydrogen-bond acceptors (Lipinski definition) is 6. The van der Waals surface area contributed by atoms with Crippen LogP contribution in [0.5, 0.6) is 11.5 Å². The molecule has 0 aliphatic rings. The third-order valence-corrected chi connectivity index (χ3v) is 2.37. The van der Waals surface area contributed by atoms with Gasteiger partial charge in [0, 0.05) is 6.07 Å². The van der Waals surface area contributed by atoms with E-state index in [1.807, 2.05) is 13.8 Å². The fourth-order valence-corrected chi connectivity index (χ4v) is 1.56. The Morgan fingerprint density at radius 3 is 2.80 bits per heavy atom. The minimum absolute atomic E-state index is 0.0689. The van der Waals surface area contributed by atoms with Crippen LogP contribution in [-0.2, 0) is 0 Å². The number of nitrogens with one attached hydrogen (secondary N) is 2. The van der Waals surface area contributed by atoms with Crippen molar-refractivity contribution in [2.24, 2.45) is 0 Å². The molecule has 2 N–H and O–H groups in total. The molecular formula is C12H15N5O3. The van der Waals surface area contributed by atoms with E-state index in [2.05, 4.69) is 25.9 Å². The summed E-state index contributed by atoms with van der Waals surface area (Å²) in [6.45, 7) is 3.75. The molecule has 20 heavy (non-hydrogen) atoms. The number of amides is 1. The third-order valence-electron chi connectivity index (χ3n) is 2.37. The average Bonchev–Trinajstić information content (AvgIpc) is 2.90. The zero-order valence-electron chi connectivity index (χ0n) is 11.4. The SMILES string of the molecule is COc1ccc(C(=O)Nc2nnn[nH]2)c(OC(C)C)c1. The number of H-pyrrole nitrogens is 1. The second-order valence-corrected chi connectivity index (χ2v) is 4.23. The minimum Gasteiger partial charge on any atom is -0.497 e. The van der Waals surface area contributed by atoms with Gasteiger partial charge < -0.3 is 9.47 Å². The van der Waals surface area contributed by atoms with Crippen LogP contribution < -0.4 is 14.8 Å². The van der Waals surface area contributed by atoms with Crippen molar-refractivity contribution in [3.8, 4) is 11.5 Å². The first-order valence-electron chi connectivity index (χ1n) is 6.00. The van der Waals surface area contributed by atoms with Crippen molar-refractivity contribution in [2.45, 2.75) is 20.0 Å². The Hall–Kier alpha value is -2.64. The van der Waals surface area contributed by atoms with E-state index >= 15 is 0 Å². The molecule has 8 heteroatoms. The van der Waals surface area contributed by atoms with Crippen molar-refractivity contribution in [3.05, 3.63) is 23.8 Å². The van der Waals surface area contributed by atoms with E-state index in [0.29, 0.717) is 17.1 Å². The van der Waals surface area contributed by atoms with E-state index in [-0.39, 0.29) is 18.0 Å². The summed E-state index contributed by atoms with van der Waals surface area (Å²) in [6, 6.07) is 4.96. The van der Waals surface area contributed by atoms with Crippen LogP contribution in [-0.4, -0.2) is 39.7 Å². The number of ether oxygens (including phenoxy) is 2. The molecule has 0 aliphatic carbocycles. The largest absolute Gasteiger partial charge is 0.497 e. The van der Waals surface area contributed by atoms with Gasteiger partial charge in [0.15, 0.2) is 0 Å². The molecule has 0 spiro atoms. The molecule has 0 fully saturated rings. The molecule has 106 valence electrons. The van der Waals surface area contributed by atoms with Gasteiger partial charge in [-0.2, -0.15) is 0 Å². The summed E-state index contributed by atoms with van der Waals surface area (Å²) in [5.74, 6) is 0.839. The van der Waals surface area contributed by atoms with Crippen LogP contribution in [0.3, 0.4) is 0 Å². The maximum atomic E-state index is 12.2. The summed E-state index contributed by atoms with van der Waals surface area (Å²) in [7, 11) is 1.55. The molecule has 0 saturated carbocycles. The van der Waals surface area contributed by atoms with Crippen LogP contribution in [0, 0.1) is 0 Å². The van der Waals surface area contributed by atoms with Crippen LogP contribution in [0.2, 0.25) is 0 Å². The molecule has 0 bridgehead atoms. The lowest BCUT2D eigenvalue weighted by molar-refractivity contribution is 0.102. The van der Waals surface area contributed by atoms with E-state index < -0.39 is 0 Å². The predicted octanol–water partition coefficient (Wildman–Crippen LogP) is 1.25. The Labute approximate surface area is 115 Å². The van der Waals surface area contributed by atoms with E-state index in [9.17, 15) is 4.79 Å². The number of tetrazole rings is 1. The van der Waals surface area contributed by atoms with Crippen molar-refractivity contribution < 1.29 is 14.3 Å². The number of aromatic amines is 1. The molecule has 8 nitrogen and oxygen atoms in total. The van der Waals surface area contributed by atoms with Gasteiger partial charge in [0.05, 0.1) is 18.8 Å². The van der Waals surface area contributed by atoms with Crippen LogP contribution in [0.4, 0.5) is 5.95 Å². The first-order chi connectivity index (χ1) is 9.60. The fourth-order valence-electron chi connectivity index (χ4n) is 1.56. The zero-order valence-corrected chi connectivity index (χ0v) is 11.4. The fraction of sp³-hybridized carbons (Fsp3) is 0.333. The predicted molar refractivity (Wildman–Crippen MR) is 70.9 cm³/mol. The highest BCUT2D eigenvalue weighted by atomic mass is 16.5. The second-order valence-electron chi connectivity index (χ2n) is 4.23. The number of anilines is 1. The summed E-state index contributed by atoms with van der Waals surface area (Å²) in [6.07, 6.45) is -0.0689. The first kappa shape index (κ1) is 13.8. The highest BCUT2D eigenvalue weighted by Crippen LogP contribution is 2.26. The molecule has 2 rings (SSSR count). The molecule has 2 aromatic rings. The van der Waals surface area contributed by atoms with Gasteiger partial charge in [0.2, 0.25) is 5.95 Å². The van der Waals surface area contributed by atoms with Crippen LogP contribution in [0.25, 0.3) is 0 Å². The standard InChI is InChI=1S/C12H15N5O3/c1-7(2)20-10-6-8(19-3)4-5-9(10)11(18)13-12-14-16-17-15-12/h4-7H,1-3H3,(H2,13,14,15,16,17,18). The lowest BCUT2D eigenvalue weighted by Gasteiger charge is -2.14. The van der Waals surface area contributed by atoms with Gasteiger partial charge in [-0.15, -0.1) is 0 Å². The highest BCUT2D eigenvalue weighted by molar-refractivity contribution is 6.05.